The molecule has 0 N–H and O–H groups in total. The predicted octanol–water partition coefficient (Wildman–Crippen LogP) is 0.118. The second-order valence-electron chi connectivity index (χ2n) is 5.12. The van der Waals surface area contributed by atoms with E-state index < -0.39 is 0 Å². The first kappa shape index (κ1) is 17.6. The average Bonchev–Trinajstić information content (AvgIpc) is 2.97. The largest absolute Gasteiger partial charge is 1.00 e. The summed E-state index contributed by atoms with van der Waals surface area (Å²) in [4.78, 5) is 12.2. The van der Waals surface area contributed by atoms with E-state index in [4.69, 9.17) is 0 Å². The third-order valence-electron chi connectivity index (χ3n) is 3.39. The van der Waals surface area contributed by atoms with Gasteiger partial charge in [0.05, 0.1) is 0 Å². The van der Waals surface area contributed by atoms with Crippen molar-refractivity contribution in [1.82, 2.24) is 9.78 Å². The van der Waals surface area contributed by atoms with Crippen molar-refractivity contribution in [3.63, 3.8) is 0 Å². The van der Waals surface area contributed by atoms with Gasteiger partial charge in [-0.05, 0) is 31.2 Å². The molecule has 1 heterocycles. The summed E-state index contributed by atoms with van der Waals surface area (Å²) in [6, 6.07) is 15.5. The maximum atomic E-state index is 12.2. The highest BCUT2D eigenvalue weighted by Gasteiger charge is 2.13. The molecule has 0 unspecified atom stereocenters. The molecule has 3 aromatic rings. The van der Waals surface area contributed by atoms with Crippen molar-refractivity contribution in [1.29, 1.82) is 0 Å². The Balaban J connectivity index is 0.00000192. The zero-order chi connectivity index (χ0) is 15.5. The van der Waals surface area contributed by atoms with Crippen molar-refractivity contribution in [3.05, 3.63) is 76.8 Å². The topological polar surface area (TPSA) is 38.8 Å². The Morgan fingerprint density at radius 2 is 1.78 bits per heavy atom. The van der Waals surface area contributed by atoms with E-state index in [1.807, 2.05) is 59.4 Å². The summed E-state index contributed by atoms with van der Waals surface area (Å²) in [6.07, 6.45) is 3.53. The molecule has 23 heavy (non-hydrogen) atoms. The Morgan fingerprint density at radius 3 is 2.43 bits per heavy atom. The zero-order valence-electron chi connectivity index (χ0n) is 12.5. The van der Waals surface area contributed by atoms with Crippen molar-refractivity contribution in [3.8, 4) is 5.69 Å². The lowest BCUT2D eigenvalue weighted by Gasteiger charge is -1.98. The van der Waals surface area contributed by atoms with Crippen LogP contribution in [0.25, 0.3) is 5.69 Å². The minimum Gasteiger partial charge on any atom is -1.00 e. The highest BCUT2D eigenvalue weighted by atomic mass is 79.9. The molecular weight excluding hydrogens is 422 g/mol. The third kappa shape index (κ3) is 4.36. The number of ketones is 1. The quantitative estimate of drug-likeness (QED) is 0.430. The fourth-order valence-electron chi connectivity index (χ4n) is 2.13. The molecule has 0 saturated heterocycles. The Labute approximate surface area is 153 Å². The van der Waals surface area contributed by atoms with Crippen LogP contribution in [0.3, 0.4) is 0 Å². The van der Waals surface area contributed by atoms with Crippen LogP contribution in [0.5, 0.6) is 0 Å². The van der Waals surface area contributed by atoms with Crippen LogP contribution in [0.2, 0.25) is 0 Å². The molecule has 0 atom stereocenters. The number of halogens is 2. The summed E-state index contributed by atoms with van der Waals surface area (Å²) >= 11 is 3.36. The molecule has 4 nitrogen and oxygen atoms in total. The number of nitrogens with zero attached hydrogens (tertiary/aromatic N) is 3. The highest BCUT2D eigenvalue weighted by Crippen LogP contribution is 2.11. The molecule has 0 radical (unpaired) electrons. The molecule has 1 aromatic heterocycles. The zero-order valence-corrected chi connectivity index (χ0v) is 15.7. The second-order valence-corrected chi connectivity index (χ2v) is 6.03. The van der Waals surface area contributed by atoms with Gasteiger partial charge < -0.3 is 17.0 Å². The number of carbonyl (C=O) groups is 1. The standard InChI is InChI=1S/C17H15BrN3O.BrH/c1-13-2-8-16(9-3-13)20-11-19-21(12-20)10-17(22)14-4-6-15(18)7-5-14;/h2-9,11-12H,10H2,1H3;1H/q+1;/p-1. The summed E-state index contributed by atoms with van der Waals surface area (Å²) in [6.45, 7) is 2.27. The Bertz CT molecular complexity index is 795. The minimum atomic E-state index is 0. The molecule has 0 saturated carbocycles. The molecule has 2 aromatic carbocycles. The summed E-state index contributed by atoms with van der Waals surface area (Å²) in [5.41, 5.74) is 2.91. The van der Waals surface area contributed by atoms with Gasteiger partial charge in [-0.25, -0.2) is 4.57 Å². The van der Waals surface area contributed by atoms with Crippen LogP contribution in [0.1, 0.15) is 15.9 Å². The molecular formula is C17H15Br2N3O. The number of hydrogen-bond donors (Lipinski definition) is 0. The van der Waals surface area contributed by atoms with Gasteiger partial charge in [0, 0.05) is 15.1 Å². The molecule has 3 rings (SSSR count). The molecule has 0 spiro atoms. The van der Waals surface area contributed by atoms with Crippen LogP contribution in [0, 0.1) is 6.92 Å². The number of benzene rings is 2. The molecule has 6 heteroatoms. The summed E-state index contributed by atoms with van der Waals surface area (Å²) < 4.78 is 4.50. The van der Waals surface area contributed by atoms with Gasteiger partial charge in [0.15, 0.2) is 12.3 Å². The van der Waals surface area contributed by atoms with Gasteiger partial charge in [0.1, 0.15) is 5.69 Å². The smallest absolute Gasteiger partial charge is 0.270 e. The maximum absolute atomic E-state index is 12.2. The highest BCUT2D eigenvalue weighted by molar-refractivity contribution is 9.10. The molecule has 118 valence electrons. The van der Waals surface area contributed by atoms with E-state index in [9.17, 15) is 4.79 Å². The van der Waals surface area contributed by atoms with Gasteiger partial charge in [-0.3, -0.25) is 4.79 Å². The molecule has 0 aliphatic heterocycles. The van der Waals surface area contributed by atoms with Gasteiger partial charge in [-0.2, -0.15) is 0 Å². The Kier molecular flexibility index (Phi) is 5.85. The summed E-state index contributed by atoms with van der Waals surface area (Å²) in [5.74, 6) is 0.0339. The number of rotatable bonds is 4. The predicted molar refractivity (Wildman–Crippen MR) is 87.0 cm³/mol. The van der Waals surface area contributed by atoms with Gasteiger partial charge in [-0.15, -0.1) is 4.68 Å². The average molecular weight is 437 g/mol. The van der Waals surface area contributed by atoms with Crippen molar-refractivity contribution >= 4 is 21.7 Å². The number of carbonyl (C=O) groups excluding carboxylic acids is 1. The fourth-order valence-corrected chi connectivity index (χ4v) is 2.40. The van der Waals surface area contributed by atoms with E-state index in [1.165, 1.54) is 5.56 Å². The second kappa shape index (κ2) is 7.66. The normalized spacial score (nSPS) is 10.2. The van der Waals surface area contributed by atoms with E-state index in [1.54, 1.807) is 11.0 Å². The number of aromatic nitrogens is 3. The molecule has 0 fully saturated rings. The van der Waals surface area contributed by atoms with Gasteiger partial charge >= 0.3 is 0 Å². The van der Waals surface area contributed by atoms with Gasteiger partial charge in [-0.1, -0.05) is 45.8 Å². The number of Topliss-reactive ketones (excluding diaryl/α,β-unsaturated/α-hetero) is 1. The van der Waals surface area contributed by atoms with Crippen molar-refractivity contribution in [2.45, 2.75) is 13.5 Å². The van der Waals surface area contributed by atoms with E-state index in [2.05, 4.69) is 28.0 Å². The maximum Gasteiger partial charge on any atom is 0.270 e. The fraction of sp³-hybridized carbons (Fsp3) is 0.118. The Morgan fingerprint density at radius 1 is 1.13 bits per heavy atom. The lowest BCUT2D eigenvalue weighted by Crippen LogP contribution is -3.00. The summed E-state index contributed by atoms with van der Waals surface area (Å²) in [7, 11) is 0. The third-order valence-corrected chi connectivity index (χ3v) is 3.91. The number of hydrogen-bond acceptors (Lipinski definition) is 2. The van der Waals surface area contributed by atoms with E-state index in [0.717, 1.165) is 10.2 Å². The van der Waals surface area contributed by atoms with Crippen molar-refractivity contribution in [2.75, 3.05) is 0 Å². The van der Waals surface area contributed by atoms with E-state index in [0.29, 0.717) is 5.56 Å². The van der Waals surface area contributed by atoms with Crippen LogP contribution < -0.4 is 21.5 Å². The summed E-state index contributed by atoms with van der Waals surface area (Å²) in [5, 5.41) is 4.25. The van der Waals surface area contributed by atoms with Gasteiger partial charge in [0.25, 0.3) is 6.33 Å². The van der Waals surface area contributed by atoms with Crippen LogP contribution in [0.15, 0.2) is 65.7 Å². The van der Waals surface area contributed by atoms with E-state index in [-0.39, 0.29) is 29.3 Å². The Hall–Kier alpha value is -1.79. The lowest BCUT2D eigenvalue weighted by molar-refractivity contribution is -0.596. The van der Waals surface area contributed by atoms with Crippen LogP contribution in [0.4, 0.5) is 0 Å². The van der Waals surface area contributed by atoms with Crippen LogP contribution in [-0.2, 0) is 6.54 Å². The molecule has 0 amide bonds. The first-order valence-electron chi connectivity index (χ1n) is 6.91. The van der Waals surface area contributed by atoms with Crippen molar-refractivity contribution in [2.24, 2.45) is 0 Å². The lowest BCUT2D eigenvalue weighted by atomic mass is 10.1. The van der Waals surface area contributed by atoms with Gasteiger partial charge in [0.2, 0.25) is 6.33 Å². The molecule has 0 bridgehead atoms. The molecule has 0 aliphatic carbocycles. The van der Waals surface area contributed by atoms with Crippen LogP contribution in [-0.4, -0.2) is 15.6 Å². The van der Waals surface area contributed by atoms with Crippen LogP contribution >= 0.6 is 15.9 Å². The monoisotopic (exact) mass is 435 g/mol. The van der Waals surface area contributed by atoms with Crippen molar-refractivity contribution < 1.29 is 26.3 Å². The first-order chi connectivity index (χ1) is 10.6. The molecule has 0 aliphatic rings. The van der Waals surface area contributed by atoms with E-state index >= 15 is 0 Å². The first-order valence-corrected chi connectivity index (χ1v) is 7.71. The minimum absolute atomic E-state index is 0. The number of aryl methyl sites for hydroxylation is 1. The SMILES string of the molecule is Cc1ccc(-[n+]2cnn(CC(=O)c3ccc(Br)cc3)c2)cc1.[Br-].